The van der Waals surface area contributed by atoms with E-state index in [-0.39, 0.29) is 36.0 Å². The van der Waals surface area contributed by atoms with E-state index < -0.39 is 35.3 Å². The fourth-order valence-electron chi connectivity index (χ4n) is 6.23. The van der Waals surface area contributed by atoms with Crippen LogP contribution in [0.5, 0.6) is 0 Å². The molecule has 41 heavy (non-hydrogen) atoms. The van der Waals surface area contributed by atoms with Crippen LogP contribution in [0, 0.1) is 11.8 Å². The average Bonchev–Trinajstić information content (AvgIpc) is 3.55. The van der Waals surface area contributed by atoms with Gasteiger partial charge in [0.15, 0.2) is 5.78 Å². The van der Waals surface area contributed by atoms with Crippen LogP contribution in [-0.4, -0.2) is 50.8 Å². The number of hydrogen-bond acceptors (Lipinski definition) is 7. The number of benzene rings is 2. The summed E-state index contributed by atoms with van der Waals surface area (Å²) in [5.41, 5.74) is 2.40. The zero-order valence-corrected chi connectivity index (χ0v) is 24.3. The molecular weight excluding hydrogens is 524 g/mol. The second-order valence-electron chi connectivity index (χ2n) is 13.0. The van der Waals surface area contributed by atoms with E-state index in [1.165, 1.54) is 10.5 Å². The fourth-order valence-corrected chi connectivity index (χ4v) is 6.23. The summed E-state index contributed by atoms with van der Waals surface area (Å²) in [6, 6.07) is 14.5. The molecule has 2 aromatic carbocycles. The summed E-state index contributed by atoms with van der Waals surface area (Å²) in [7, 11) is 0. The van der Waals surface area contributed by atoms with E-state index in [1.54, 1.807) is 39.0 Å². The van der Waals surface area contributed by atoms with Crippen molar-refractivity contribution in [2.75, 3.05) is 0 Å². The lowest BCUT2D eigenvalue weighted by Crippen LogP contribution is -2.39. The average molecular weight is 561 g/mol. The molecule has 9 heteroatoms. The van der Waals surface area contributed by atoms with Crippen LogP contribution in [0.4, 0.5) is 9.59 Å². The molecule has 0 spiro atoms. The lowest BCUT2D eigenvalue weighted by atomic mass is 10.0. The molecule has 2 aliphatic carbocycles. The highest BCUT2D eigenvalue weighted by molar-refractivity contribution is 6.09. The van der Waals surface area contributed by atoms with Crippen molar-refractivity contribution in [2.24, 2.45) is 11.8 Å². The maximum Gasteiger partial charge on any atom is 0.417 e. The Bertz CT molecular complexity index is 1430. The lowest BCUT2D eigenvalue weighted by Gasteiger charge is -2.27. The first-order valence-corrected chi connectivity index (χ1v) is 14.0. The van der Waals surface area contributed by atoms with Crippen LogP contribution in [0.3, 0.4) is 0 Å². The zero-order chi connectivity index (χ0) is 29.9. The van der Waals surface area contributed by atoms with E-state index in [4.69, 9.17) is 9.47 Å². The third-order valence-electron chi connectivity index (χ3n) is 7.67. The molecule has 4 amide bonds. The minimum Gasteiger partial charge on any atom is -0.443 e. The van der Waals surface area contributed by atoms with Gasteiger partial charge < -0.3 is 9.47 Å². The van der Waals surface area contributed by atoms with Crippen molar-refractivity contribution in [3.63, 3.8) is 0 Å². The number of rotatable bonds is 0. The van der Waals surface area contributed by atoms with Gasteiger partial charge in [-0.25, -0.2) is 19.4 Å². The molecule has 2 heterocycles. The maximum absolute atomic E-state index is 12.3. The van der Waals surface area contributed by atoms with Crippen molar-refractivity contribution in [3.05, 3.63) is 70.8 Å². The summed E-state index contributed by atoms with van der Waals surface area (Å²) in [4.78, 5) is 63.7. The van der Waals surface area contributed by atoms with Gasteiger partial charge in [-0.05, 0) is 70.6 Å². The third-order valence-corrected chi connectivity index (χ3v) is 7.67. The number of nitrogens with zero attached hydrogens (tertiary/aromatic N) is 2. The molecule has 2 fully saturated rings. The van der Waals surface area contributed by atoms with Gasteiger partial charge in [-0.2, -0.15) is 0 Å². The highest BCUT2D eigenvalue weighted by Crippen LogP contribution is 2.48. The molecule has 4 atom stereocenters. The van der Waals surface area contributed by atoms with E-state index in [9.17, 15) is 24.0 Å². The molecule has 216 valence electrons. The second kappa shape index (κ2) is 10.1. The number of imide groups is 2. The van der Waals surface area contributed by atoms with E-state index in [0.717, 1.165) is 22.4 Å². The SMILES string of the molecule is CC(C)(C)OC(=O)N1C(=O)C[C@H]2C(=O)c3ccccc3[C@H]21.CC(C)(C)OC(=O)N1C(=O)C[C@H]2Cc3ccccc3[C@H]21. The molecule has 2 saturated heterocycles. The summed E-state index contributed by atoms with van der Waals surface area (Å²) in [5, 5.41) is 0. The van der Waals surface area contributed by atoms with Crippen LogP contribution in [0.25, 0.3) is 0 Å². The highest BCUT2D eigenvalue weighted by atomic mass is 16.6. The van der Waals surface area contributed by atoms with Gasteiger partial charge in [-0.1, -0.05) is 48.5 Å². The normalized spacial score (nSPS) is 24.3. The van der Waals surface area contributed by atoms with E-state index in [2.05, 4.69) is 6.07 Å². The monoisotopic (exact) mass is 560 g/mol. The van der Waals surface area contributed by atoms with E-state index in [0.29, 0.717) is 12.0 Å². The van der Waals surface area contributed by atoms with Gasteiger partial charge in [0.25, 0.3) is 0 Å². The fraction of sp³-hybridized carbons (Fsp3) is 0.469. The lowest BCUT2D eigenvalue weighted by molar-refractivity contribution is -0.129. The van der Waals surface area contributed by atoms with Crippen LogP contribution in [0.15, 0.2) is 48.5 Å². The van der Waals surface area contributed by atoms with Crippen molar-refractivity contribution < 1.29 is 33.4 Å². The standard InChI is InChI=1S/C16H17NO4.C16H19NO3/c1-16(2,3)21-15(20)17-12(18)8-11-13(17)9-6-4-5-7-10(9)14(11)19;1-16(2,3)20-15(19)17-13(18)9-11-8-10-6-4-5-7-12(10)14(11)17/h4-7,11,13H,8H2,1-3H3;4-7,11,14H,8-9H2,1-3H3/t11-,13-;11-,14+/m11/s1. The predicted molar refractivity (Wildman–Crippen MR) is 149 cm³/mol. The van der Waals surface area contributed by atoms with Gasteiger partial charge in [0.1, 0.15) is 11.2 Å². The van der Waals surface area contributed by atoms with Gasteiger partial charge >= 0.3 is 12.2 Å². The zero-order valence-electron chi connectivity index (χ0n) is 24.3. The van der Waals surface area contributed by atoms with Gasteiger partial charge in [0, 0.05) is 18.4 Å². The minimum absolute atomic E-state index is 0.0602. The maximum atomic E-state index is 12.3. The first kappa shape index (κ1) is 28.5. The van der Waals surface area contributed by atoms with Gasteiger partial charge in [0.2, 0.25) is 11.8 Å². The predicted octanol–water partition coefficient (Wildman–Crippen LogP) is 5.78. The summed E-state index contributed by atoms with van der Waals surface area (Å²) < 4.78 is 10.7. The first-order chi connectivity index (χ1) is 19.2. The number of ketones is 1. The number of Topliss-reactive ketones (excluding diaryl/α,β-unsaturated/α-hetero) is 1. The summed E-state index contributed by atoms with van der Waals surface area (Å²) >= 11 is 0. The van der Waals surface area contributed by atoms with Gasteiger partial charge in [0.05, 0.1) is 18.0 Å². The Morgan fingerprint density at radius 3 is 1.80 bits per heavy atom. The number of carbonyl (C=O) groups excluding carboxylic acids is 5. The molecule has 0 unspecified atom stereocenters. The Morgan fingerprint density at radius 2 is 1.20 bits per heavy atom. The van der Waals surface area contributed by atoms with Crippen LogP contribution < -0.4 is 0 Å². The minimum atomic E-state index is -0.683. The van der Waals surface area contributed by atoms with Crippen molar-refractivity contribution in [1.82, 2.24) is 9.80 Å². The van der Waals surface area contributed by atoms with Gasteiger partial charge in [-0.15, -0.1) is 0 Å². The van der Waals surface area contributed by atoms with Gasteiger partial charge in [-0.3, -0.25) is 14.4 Å². The molecule has 9 nitrogen and oxygen atoms in total. The molecule has 0 aromatic heterocycles. The number of carbonyl (C=O) groups is 5. The summed E-state index contributed by atoms with van der Waals surface area (Å²) in [6.45, 7) is 10.7. The molecule has 4 aliphatic rings. The van der Waals surface area contributed by atoms with Crippen molar-refractivity contribution in [2.45, 2.75) is 84.1 Å². The number of ether oxygens (including phenoxy) is 2. The topological polar surface area (TPSA) is 110 Å². The summed E-state index contributed by atoms with van der Waals surface area (Å²) in [6.07, 6.45) is 0.165. The number of fused-ring (bicyclic) bond motifs is 6. The number of hydrogen-bond donors (Lipinski definition) is 0. The first-order valence-electron chi connectivity index (χ1n) is 14.0. The molecule has 0 saturated carbocycles. The Balaban J connectivity index is 0.000000165. The molecular formula is C32H36N2O7. The number of likely N-dealkylation sites (tertiary alicyclic amines) is 2. The van der Waals surface area contributed by atoms with E-state index >= 15 is 0 Å². The molecule has 6 rings (SSSR count). The molecule has 0 radical (unpaired) electrons. The Kier molecular flexibility index (Phi) is 7.04. The molecule has 0 N–H and O–H groups in total. The molecule has 0 bridgehead atoms. The largest absolute Gasteiger partial charge is 0.443 e. The highest BCUT2D eigenvalue weighted by Gasteiger charge is 2.54. The van der Waals surface area contributed by atoms with Crippen molar-refractivity contribution in [3.8, 4) is 0 Å². The van der Waals surface area contributed by atoms with Crippen molar-refractivity contribution >= 4 is 29.8 Å². The second-order valence-corrected chi connectivity index (χ2v) is 13.0. The molecule has 2 aromatic rings. The van der Waals surface area contributed by atoms with Crippen LogP contribution >= 0.6 is 0 Å². The Hall–Kier alpha value is -4.01. The van der Waals surface area contributed by atoms with Crippen LogP contribution in [0.2, 0.25) is 0 Å². The van der Waals surface area contributed by atoms with E-state index in [1.807, 2.05) is 45.0 Å². The summed E-state index contributed by atoms with van der Waals surface area (Å²) in [5.74, 6) is -0.796. The van der Waals surface area contributed by atoms with Crippen molar-refractivity contribution in [1.29, 1.82) is 0 Å². The quantitative estimate of drug-likeness (QED) is 0.402. The molecule has 2 aliphatic heterocycles. The number of amides is 4. The Labute approximate surface area is 239 Å². The van der Waals surface area contributed by atoms with Crippen LogP contribution in [-0.2, 0) is 25.5 Å². The third kappa shape index (κ3) is 5.37. The van der Waals surface area contributed by atoms with Crippen LogP contribution in [0.1, 0.15) is 93.5 Å². The Morgan fingerprint density at radius 1 is 0.683 bits per heavy atom. The smallest absolute Gasteiger partial charge is 0.417 e.